The number of benzene rings is 3. The van der Waals surface area contributed by atoms with Crippen LogP contribution >= 0.6 is 0 Å². The zero-order valence-corrected chi connectivity index (χ0v) is 19.0. The number of carbonyl (C=O) groups is 1. The number of rotatable bonds is 6. The number of aromatic nitrogens is 1. The van der Waals surface area contributed by atoms with Crippen LogP contribution in [0, 0.1) is 5.92 Å². The topological polar surface area (TPSA) is 51.2 Å². The summed E-state index contributed by atoms with van der Waals surface area (Å²) < 4.78 is 43.7. The summed E-state index contributed by atoms with van der Waals surface area (Å²) in [6.45, 7) is 0.343. The van der Waals surface area contributed by atoms with E-state index in [2.05, 4.69) is 10.3 Å². The van der Waals surface area contributed by atoms with Crippen molar-refractivity contribution in [2.75, 3.05) is 7.11 Å². The Morgan fingerprint density at radius 2 is 1.86 bits per heavy atom. The molecule has 3 aromatic carbocycles. The van der Waals surface area contributed by atoms with Crippen molar-refractivity contribution in [3.63, 3.8) is 0 Å². The van der Waals surface area contributed by atoms with E-state index >= 15 is 0 Å². The molecular weight excluding hydrogens is 453 g/mol. The number of fused-ring (bicyclic) bond motifs is 1. The summed E-state index contributed by atoms with van der Waals surface area (Å²) in [6.07, 6.45) is -0.192. The van der Waals surface area contributed by atoms with Crippen LogP contribution in [-0.4, -0.2) is 18.0 Å². The number of halogens is 3. The zero-order chi connectivity index (χ0) is 24.6. The van der Waals surface area contributed by atoms with E-state index in [1.54, 1.807) is 19.5 Å². The van der Waals surface area contributed by atoms with Gasteiger partial charge in [0.25, 0.3) is 0 Å². The monoisotopic (exact) mass is 476 g/mol. The molecule has 4 nitrogen and oxygen atoms in total. The Morgan fingerprint density at radius 3 is 2.60 bits per heavy atom. The molecule has 0 saturated heterocycles. The van der Waals surface area contributed by atoms with Crippen molar-refractivity contribution in [1.82, 2.24) is 10.3 Å². The summed E-state index contributed by atoms with van der Waals surface area (Å²) in [6, 6.07) is 18.9. The first-order valence-electron chi connectivity index (χ1n) is 11.3. The van der Waals surface area contributed by atoms with Gasteiger partial charge in [0.15, 0.2) is 0 Å². The van der Waals surface area contributed by atoms with E-state index in [9.17, 15) is 18.0 Å². The normalized spacial score (nSPS) is 17.3. The van der Waals surface area contributed by atoms with E-state index in [1.807, 2.05) is 42.5 Å². The predicted octanol–water partition coefficient (Wildman–Crippen LogP) is 6.35. The minimum atomic E-state index is -4.36. The van der Waals surface area contributed by atoms with Crippen molar-refractivity contribution in [3.05, 3.63) is 95.8 Å². The summed E-state index contributed by atoms with van der Waals surface area (Å²) in [5, 5.41) is 4.97. The van der Waals surface area contributed by atoms with Crippen LogP contribution in [0.5, 0.6) is 5.75 Å². The van der Waals surface area contributed by atoms with Crippen molar-refractivity contribution < 1.29 is 22.7 Å². The summed E-state index contributed by atoms with van der Waals surface area (Å²) >= 11 is 0. The van der Waals surface area contributed by atoms with E-state index in [0.717, 1.165) is 50.9 Å². The van der Waals surface area contributed by atoms with Gasteiger partial charge in [0.05, 0.1) is 12.7 Å². The Morgan fingerprint density at radius 1 is 1.06 bits per heavy atom. The summed E-state index contributed by atoms with van der Waals surface area (Å²) in [7, 11) is 1.63. The molecule has 35 heavy (non-hydrogen) atoms. The zero-order valence-electron chi connectivity index (χ0n) is 19.0. The average molecular weight is 476 g/mol. The fraction of sp³-hybridized carbons (Fsp3) is 0.214. The number of amides is 1. The van der Waals surface area contributed by atoms with Gasteiger partial charge < -0.3 is 10.1 Å². The Labute approximate surface area is 200 Å². The molecule has 1 aliphatic carbocycles. The van der Waals surface area contributed by atoms with Crippen molar-refractivity contribution in [3.8, 4) is 16.9 Å². The fourth-order valence-electron chi connectivity index (χ4n) is 4.53. The third-order valence-corrected chi connectivity index (χ3v) is 6.54. The lowest BCUT2D eigenvalue weighted by Gasteiger charge is -2.13. The van der Waals surface area contributed by atoms with Crippen LogP contribution in [0.3, 0.4) is 0 Å². The Bertz CT molecular complexity index is 1380. The maximum atomic E-state index is 12.8. The van der Waals surface area contributed by atoms with Crippen molar-refractivity contribution in [2.24, 2.45) is 5.92 Å². The quantitative estimate of drug-likeness (QED) is 0.353. The molecule has 0 radical (unpaired) electrons. The van der Waals surface area contributed by atoms with Gasteiger partial charge in [-0.3, -0.25) is 9.78 Å². The summed E-state index contributed by atoms with van der Waals surface area (Å²) in [4.78, 5) is 17.0. The van der Waals surface area contributed by atoms with Crippen molar-refractivity contribution in [1.29, 1.82) is 0 Å². The second-order valence-corrected chi connectivity index (χ2v) is 8.71. The molecule has 4 aromatic rings. The average Bonchev–Trinajstić information content (AvgIpc) is 3.68. The Balaban J connectivity index is 1.30. The first-order chi connectivity index (χ1) is 16.8. The number of hydrogen-bond acceptors (Lipinski definition) is 3. The number of hydrogen-bond donors (Lipinski definition) is 1. The van der Waals surface area contributed by atoms with Gasteiger partial charge in [-0.15, -0.1) is 0 Å². The van der Waals surface area contributed by atoms with Gasteiger partial charge >= 0.3 is 6.18 Å². The number of methoxy groups -OCH3 is 1. The molecule has 1 saturated carbocycles. The van der Waals surface area contributed by atoms with E-state index in [1.165, 1.54) is 12.1 Å². The predicted molar refractivity (Wildman–Crippen MR) is 128 cm³/mol. The van der Waals surface area contributed by atoms with Gasteiger partial charge in [-0.1, -0.05) is 36.4 Å². The molecule has 0 bridgehead atoms. The Hall–Kier alpha value is -3.87. The smallest absolute Gasteiger partial charge is 0.416 e. The van der Waals surface area contributed by atoms with Gasteiger partial charge in [0.1, 0.15) is 5.75 Å². The van der Waals surface area contributed by atoms with E-state index in [0.29, 0.717) is 13.0 Å². The van der Waals surface area contributed by atoms with Crippen LogP contribution in [-0.2, 0) is 17.5 Å². The number of alkyl halides is 3. The van der Waals surface area contributed by atoms with E-state index < -0.39 is 11.7 Å². The second kappa shape index (κ2) is 9.06. The lowest BCUT2D eigenvalue weighted by atomic mass is 9.96. The van der Waals surface area contributed by atoms with Crippen LogP contribution in [0.1, 0.15) is 29.0 Å². The molecule has 7 heteroatoms. The molecule has 0 spiro atoms. The van der Waals surface area contributed by atoms with Crippen LogP contribution in [0.2, 0.25) is 0 Å². The standard InChI is InChI=1S/C28H23F3N2O2/c1-35-21-4-2-3-18(13-21)22-10-7-19(26-16-32-12-11-23(22)26)15-33-27(34)25-14-24(25)17-5-8-20(9-6-17)28(29,30)31/h2-13,16,24-25H,14-15H2,1H3,(H,33,34). The lowest BCUT2D eigenvalue weighted by Crippen LogP contribution is -2.25. The van der Waals surface area contributed by atoms with Gasteiger partial charge in [0.2, 0.25) is 5.91 Å². The molecule has 1 aliphatic rings. The molecular formula is C28H23F3N2O2. The molecule has 1 fully saturated rings. The maximum Gasteiger partial charge on any atom is 0.416 e. The molecule has 1 aromatic heterocycles. The largest absolute Gasteiger partial charge is 0.497 e. The van der Waals surface area contributed by atoms with Crippen LogP contribution in [0.15, 0.2) is 79.1 Å². The first-order valence-corrected chi connectivity index (χ1v) is 11.3. The number of ether oxygens (including phenoxy) is 1. The molecule has 178 valence electrons. The molecule has 2 atom stereocenters. The van der Waals surface area contributed by atoms with E-state index in [-0.39, 0.29) is 17.7 Å². The molecule has 1 heterocycles. The van der Waals surface area contributed by atoms with Gasteiger partial charge in [-0.2, -0.15) is 13.2 Å². The van der Waals surface area contributed by atoms with Crippen LogP contribution in [0.25, 0.3) is 21.9 Å². The first kappa shape index (κ1) is 22.9. The number of carbonyl (C=O) groups excluding carboxylic acids is 1. The summed E-state index contributed by atoms with van der Waals surface area (Å²) in [5.74, 6) is 0.398. The van der Waals surface area contributed by atoms with Crippen molar-refractivity contribution in [2.45, 2.75) is 25.1 Å². The van der Waals surface area contributed by atoms with E-state index in [4.69, 9.17) is 4.74 Å². The molecule has 1 amide bonds. The molecule has 1 N–H and O–H groups in total. The SMILES string of the molecule is COc1cccc(-c2ccc(CNC(=O)C3CC3c3ccc(C(F)(F)F)cc3)c3cnccc23)c1. The third-order valence-electron chi connectivity index (χ3n) is 6.54. The van der Waals surface area contributed by atoms with Gasteiger partial charge in [0, 0.05) is 30.2 Å². The highest BCUT2D eigenvalue weighted by Gasteiger charge is 2.44. The number of nitrogens with one attached hydrogen (secondary N) is 1. The van der Waals surface area contributed by atoms with Gasteiger partial charge in [-0.05, 0) is 70.3 Å². The molecule has 0 aliphatic heterocycles. The third kappa shape index (κ3) is 4.71. The summed E-state index contributed by atoms with van der Waals surface area (Å²) in [5.41, 5.74) is 3.09. The Kier molecular flexibility index (Phi) is 5.93. The lowest BCUT2D eigenvalue weighted by molar-refractivity contribution is -0.137. The highest BCUT2D eigenvalue weighted by molar-refractivity contribution is 5.98. The van der Waals surface area contributed by atoms with Gasteiger partial charge in [-0.25, -0.2) is 0 Å². The molecule has 5 rings (SSSR count). The highest BCUT2D eigenvalue weighted by Crippen LogP contribution is 2.48. The minimum Gasteiger partial charge on any atom is -0.497 e. The highest BCUT2D eigenvalue weighted by atomic mass is 19.4. The van der Waals surface area contributed by atoms with Crippen molar-refractivity contribution >= 4 is 16.7 Å². The van der Waals surface area contributed by atoms with Crippen LogP contribution < -0.4 is 10.1 Å². The second-order valence-electron chi connectivity index (χ2n) is 8.71. The maximum absolute atomic E-state index is 12.8. The van der Waals surface area contributed by atoms with Crippen LogP contribution in [0.4, 0.5) is 13.2 Å². The minimum absolute atomic E-state index is 0.0499. The fourth-order valence-corrected chi connectivity index (χ4v) is 4.53. The number of nitrogens with zero attached hydrogens (tertiary/aromatic N) is 1. The molecule has 2 unspecified atom stereocenters. The number of pyridine rings is 1.